The zero-order chi connectivity index (χ0) is 10.6. The van der Waals surface area contributed by atoms with E-state index in [0.717, 1.165) is 31.5 Å². The van der Waals surface area contributed by atoms with E-state index in [1.165, 1.54) is 0 Å². The number of nitrogens with two attached hydrogens (primary N) is 1. The molecule has 1 aliphatic heterocycles. The molecule has 1 fully saturated rings. The van der Waals surface area contributed by atoms with Crippen LogP contribution in [-0.4, -0.2) is 29.9 Å². The van der Waals surface area contributed by atoms with Crippen molar-refractivity contribution < 1.29 is 4.79 Å². The molecule has 0 unspecified atom stereocenters. The maximum atomic E-state index is 11.7. The molecule has 78 valence electrons. The van der Waals surface area contributed by atoms with Crippen LogP contribution in [0, 0.1) is 0 Å². The summed E-state index contributed by atoms with van der Waals surface area (Å²) in [7, 11) is 0. The SMILES string of the molecule is C=CC(=C)C[C@H](N)C(=O)N1CCCC1. The van der Waals surface area contributed by atoms with Gasteiger partial charge in [-0.3, -0.25) is 4.79 Å². The molecule has 1 rings (SSSR count). The molecule has 2 N–H and O–H groups in total. The van der Waals surface area contributed by atoms with Gasteiger partial charge in [0.05, 0.1) is 6.04 Å². The van der Waals surface area contributed by atoms with Crippen LogP contribution in [0.4, 0.5) is 0 Å². The smallest absolute Gasteiger partial charge is 0.239 e. The Morgan fingerprint density at radius 3 is 2.57 bits per heavy atom. The zero-order valence-corrected chi connectivity index (χ0v) is 8.54. The van der Waals surface area contributed by atoms with Gasteiger partial charge < -0.3 is 10.6 Å². The van der Waals surface area contributed by atoms with Crippen molar-refractivity contribution in [3.8, 4) is 0 Å². The highest BCUT2D eigenvalue weighted by Gasteiger charge is 2.23. The molecule has 0 aromatic heterocycles. The Kier molecular flexibility index (Phi) is 3.89. The van der Waals surface area contributed by atoms with Gasteiger partial charge in [-0.15, -0.1) is 0 Å². The Morgan fingerprint density at radius 1 is 1.50 bits per heavy atom. The molecule has 3 heteroatoms. The van der Waals surface area contributed by atoms with Gasteiger partial charge in [0.15, 0.2) is 0 Å². The number of carbonyl (C=O) groups is 1. The first kappa shape index (κ1) is 11.0. The summed E-state index contributed by atoms with van der Waals surface area (Å²) in [6.07, 6.45) is 4.36. The summed E-state index contributed by atoms with van der Waals surface area (Å²) in [5, 5.41) is 0. The van der Waals surface area contributed by atoms with Gasteiger partial charge in [-0.05, 0) is 19.3 Å². The van der Waals surface area contributed by atoms with E-state index in [4.69, 9.17) is 5.73 Å². The van der Waals surface area contributed by atoms with Crippen molar-refractivity contribution in [2.75, 3.05) is 13.1 Å². The number of amides is 1. The molecule has 1 atom stereocenters. The minimum atomic E-state index is -0.446. The van der Waals surface area contributed by atoms with Crippen LogP contribution >= 0.6 is 0 Å². The highest BCUT2D eigenvalue weighted by Crippen LogP contribution is 2.11. The van der Waals surface area contributed by atoms with Crippen molar-refractivity contribution in [3.63, 3.8) is 0 Å². The van der Waals surface area contributed by atoms with E-state index in [1.807, 2.05) is 4.90 Å². The number of nitrogens with zero attached hydrogens (tertiary/aromatic N) is 1. The minimum Gasteiger partial charge on any atom is -0.341 e. The van der Waals surface area contributed by atoms with E-state index < -0.39 is 6.04 Å². The van der Waals surface area contributed by atoms with Crippen molar-refractivity contribution in [3.05, 3.63) is 24.8 Å². The van der Waals surface area contributed by atoms with Crippen LogP contribution in [0.25, 0.3) is 0 Å². The van der Waals surface area contributed by atoms with Gasteiger partial charge in [0, 0.05) is 13.1 Å². The molecule has 14 heavy (non-hydrogen) atoms. The fraction of sp³-hybridized carbons (Fsp3) is 0.545. The van der Waals surface area contributed by atoms with Crippen LogP contribution < -0.4 is 5.73 Å². The standard InChI is InChI=1S/C11H18N2O/c1-3-9(2)8-10(12)11(14)13-6-4-5-7-13/h3,10H,1-2,4-8,12H2/t10-/m0/s1. The minimum absolute atomic E-state index is 0.0468. The first-order valence-electron chi connectivity index (χ1n) is 4.99. The monoisotopic (exact) mass is 194 g/mol. The summed E-state index contributed by atoms with van der Waals surface area (Å²) in [5.41, 5.74) is 6.60. The van der Waals surface area contributed by atoms with Crippen LogP contribution in [-0.2, 0) is 4.79 Å². The third-order valence-electron chi connectivity index (χ3n) is 2.51. The van der Waals surface area contributed by atoms with Crippen molar-refractivity contribution in [1.82, 2.24) is 4.90 Å². The number of hydrogen-bond acceptors (Lipinski definition) is 2. The molecule has 1 saturated heterocycles. The number of likely N-dealkylation sites (tertiary alicyclic amines) is 1. The lowest BCUT2D eigenvalue weighted by Crippen LogP contribution is -2.42. The van der Waals surface area contributed by atoms with Crippen molar-refractivity contribution in [2.24, 2.45) is 5.73 Å². The molecule has 1 amide bonds. The molecule has 0 aromatic carbocycles. The highest BCUT2D eigenvalue weighted by molar-refractivity contribution is 5.82. The number of hydrogen-bond donors (Lipinski definition) is 1. The highest BCUT2D eigenvalue weighted by atomic mass is 16.2. The largest absolute Gasteiger partial charge is 0.341 e. The van der Waals surface area contributed by atoms with E-state index in [0.29, 0.717) is 6.42 Å². The lowest BCUT2D eigenvalue weighted by atomic mass is 10.1. The molecule has 0 saturated carbocycles. The Balaban J connectivity index is 2.42. The normalized spacial score (nSPS) is 17.9. The summed E-state index contributed by atoms with van der Waals surface area (Å²) < 4.78 is 0. The van der Waals surface area contributed by atoms with Gasteiger partial charge >= 0.3 is 0 Å². The summed E-state index contributed by atoms with van der Waals surface area (Å²) in [4.78, 5) is 13.6. The Morgan fingerprint density at radius 2 is 2.07 bits per heavy atom. The van der Waals surface area contributed by atoms with Gasteiger partial charge in [-0.2, -0.15) is 0 Å². The summed E-state index contributed by atoms with van der Waals surface area (Å²) in [6, 6.07) is -0.446. The maximum Gasteiger partial charge on any atom is 0.239 e. The van der Waals surface area contributed by atoms with Gasteiger partial charge in [-0.25, -0.2) is 0 Å². The molecule has 3 nitrogen and oxygen atoms in total. The average molecular weight is 194 g/mol. The van der Waals surface area contributed by atoms with E-state index in [9.17, 15) is 4.79 Å². The lowest BCUT2D eigenvalue weighted by Gasteiger charge is -2.20. The van der Waals surface area contributed by atoms with E-state index in [-0.39, 0.29) is 5.91 Å². The summed E-state index contributed by atoms with van der Waals surface area (Å²) in [6.45, 7) is 9.05. The van der Waals surface area contributed by atoms with Crippen molar-refractivity contribution >= 4 is 5.91 Å². The number of carbonyl (C=O) groups excluding carboxylic acids is 1. The molecule has 0 aromatic rings. The molecule has 0 spiro atoms. The summed E-state index contributed by atoms with van der Waals surface area (Å²) in [5.74, 6) is 0.0468. The molecular weight excluding hydrogens is 176 g/mol. The predicted octanol–water partition coefficient (Wildman–Crippen LogP) is 1.07. The molecular formula is C11H18N2O. The second kappa shape index (κ2) is 4.96. The second-order valence-corrected chi connectivity index (χ2v) is 3.71. The van der Waals surface area contributed by atoms with E-state index in [2.05, 4.69) is 13.2 Å². The van der Waals surface area contributed by atoms with Crippen molar-refractivity contribution in [2.45, 2.75) is 25.3 Å². The van der Waals surface area contributed by atoms with Gasteiger partial charge in [0.2, 0.25) is 5.91 Å². The molecule has 1 heterocycles. The van der Waals surface area contributed by atoms with Gasteiger partial charge in [0.1, 0.15) is 0 Å². The second-order valence-electron chi connectivity index (χ2n) is 3.71. The third-order valence-corrected chi connectivity index (χ3v) is 2.51. The Hall–Kier alpha value is -1.09. The molecule has 0 aliphatic carbocycles. The Bertz CT molecular complexity index is 242. The predicted molar refractivity (Wildman–Crippen MR) is 57.7 cm³/mol. The molecule has 1 aliphatic rings. The quantitative estimate of drug-likeness (QED) is 0.680. The van der Waals surface area contributed by atoms with Crippen LogP contribution in [0.2, 0.25) is 0 Å². The average Bonchev–Trinajstić information content (AvgIpc) is 2.69. The van der Waals surface area contributed by atoms with Crippen LogP contribution in [0.3, 0.4) is 0 Å². The summed E-state index contributed by atoms with van der Waals surface area (Å²) >= 11 is 0. The number of allylic oxidation sites excluding steroid dienone is 1. The molecule has 0 bridgehead atoms. The fourth-order valence-corrected chi connectivity index (χ4v) is 1.63. The lowest BCUT2D eigenvalue weighted by molar-refractivity contribution is -0.131. The zero-order valence-electron chi connectivity index (χ0n) is 8.54. The first-order valence-corrected chi connectivity index (χ1v) is 4.99. The Labute approximate surface area is 85.3 Å². The first-order chi connectivity index (χ1) is 6.65. The van der Waals surface area contributed by atoms with Gasteiger partial charge in [-0.1, -0.05) is 24.8 Å². The van der Waals surface area contributed by atoms with E-state index >= 15 is 0 Å². The van der Waals surface area contributed by atoms with E-state index in [1.54, 1.807) is 6.08 Å². The van der Waals surface area contributed by atoms with Crippen LogP contribution in [0.15, 0.2) is 24.8 Å². The molecule has 0 radical (unpaired) electrons. The van der Waals surface area contributed by atoms with Crippen LogP contribution in [0.5, 0.6) is 0 Å². The topological polar surface area (TPSA) is 46.3 Å². The third kappa shape index (κ3) is 2.70. The van der Waals surface area contributed by atoms with Gasteiger partial charge in [0.25, 0.3) is 0 Å². The van der Waals surface area contributed by atoms with Crippen molar-refractivity contribution in [1.29, 1.82) is 0 Å². The maximum absolute atomic E-state index is 11.7. The fourth-order valence-electron chi connectivity index (χ4n) is 1.63. The number of rotatable bonds is 4. The van der Waals surface area contributed by atoms with Crippen LogP contribution in [0.1, 0.15) is 19.3 Å².